The molecule has 5 nitrogen and oxygen atoms in total. The number of carbonyl (C=O) groups excluding carboxylic acids is 1. The van der Waals surface area contributed by atoms with E-state index in [1.54, 1.807) is 12.3 Å². The van der Waals surface area contributed by atoms with E-state index in [0.717, 1.165) is 36.1 Å². The lowest BCUT2D eigenvalue weighted by Gasteiger charge is -2.34. The first-order valence-electron chi connectivity index (χ1n) is 9.75. The molecule has 4 rings (SSSR count). The normalized spacial score (nSPS) is 14.9. The molecule has 1 fully saturated rings. The van der Waals surface area contributed by atoms with Gasteiger partial charge in [0.1, 0.15) is 0 Å². The molecule has 0 spiro atoms. The van der Waals surface area contributed by atoms with Crippen LogP contribution in [-0.4, -0.2) is 46.9 Å². The second-order valence-corrected chi connectivity index (χ2v) is 7.17. The smallest absolute Gasteiger partial charge is 0.246 e. The highest BCUT2D eigenvalue weighted by Crippen LogP contribution is 2.17. The number of fused-ring (bicyclic) bond motifs is 1. The molecule has 0 unspecified atom stereocenters. The van der Waals surface area contributed by atoms with E-state index >= 15 is 0 Å². The van der Waals surface area contributed by atoms with Crippen molar-refractivity contribution in [3.8, 4) is 6.07 Å². The Hall–Kier alpha value is -3.49. The van der Waals surface area contributed by atoms with Crippen molar-refractivity contribution in [3.63, 3.8) is 0 Å². The van der Waals surface area contributed by atoms with Crippen LogP contribution < -0.4 is 0 Å². The van der Waals surface area contributed by atoms with Gasteiger partial charge in [-0.05, 0) is 29.8 Å². The second kappa shape index (κ2) is 8.68. The zero-order valence-electron chi connectivity index (χ0n) is 16.2. The summed E-state index contributed by atoms with van der Waals surface area (Å²) in [5.74, 6) is 0.0379. The standard InChI is InChI=1S/C24H22N4O/c25-17-19-6-8-20(9-7-19)18-27-13-15-28(16-14-27)23(29)11-10-22-4-1-3-21-5-2-12-26-24(21)22/h1-12H,13-16,18H2/b11-10+. The number of rotatable bonds is 4. The third-order valence-corrected chi connectivity index (χ3v) is 5.24. The molecule has 0 aliphatic carbocycles. The first kappa shape index (κ1) is 18.9. The van der Waals surface area contributed by atoms with Gasteiger partial charge < -0.3 is 4.90 Å². The van der Waals surface area contributed by atoms with E-state index in [2.05, 4.69) is 16.0 Å². The molecule has 1 saturated heterocycles. The van der Waals surface area contributed by atoms with Crippen LogP contribution >= 0.6 is 0 Å². The predicted molar refractivity (Wildman–Crippen MR) is 114 cm³/mol. The van der Waals surface area contributed by atoms with Crippen LogP contribution in [0.3, 0.4) is 0 Å². The summed E-state index contributed by atoms with van der Waals surface area (Å²) in [5.41, 5.74) is 3.73. The lowest BCUT2D eigenvalue weighted by molar-refractivity contribution is -0.127. The predicted octanol–water partition coefficient (Wildman–Crippen LogP) is 3.46. The molecule has 5 heteroatoms. The van der Waals surface area contributed by atoms with Crippen LogP contribution in [0, 0.1) is 11.3 Å². The third kappa shape index (κ3) is 4.50. The van der Waals surface area contributed by atoms with E-state index < -0.39 is 0 Å². The Labute approximate surface area is 170 Å². The molecule has 0 bridgehead atoms. The summed E-state index contributed by atoms with van der Waals surface area (Å²) in [7, 11) is 0. The van der Waals surface area contributed by atoms with E-state index in [0.29, 0.717) is 18.7 Å². The highest BCUT2D eigenvalue weighted by atomic mass is 16.2. The van der Waals surface area contributed by atoms with Crippen LogP contribution in [-0.2, 0) is 11.3 Å². The van der Waals surface area contributed by atoms with Crippen LogP contribution in [0.2, 0.25) is 0 Å². The zero-order valence-corrected chi connectivity index (χ0v) is 16.2. The number of hydrogen-bond acceptors (Lipinski definition) is 4. The maximum Gasteiger partial charge on any atom is 0.246 e. The molecule has 144 valence electrons. The maximum absolute atomic E-state index is 12.6. The van der Waals surface area contributed by atoms with Crippen molar-refractivity contribution in [2.75, 3.05) is 26.2 Å². The molecule has 0 saturated carbocycles. The van der Waals surface area contributed by atoms with E-state index in [9.17, 15) is 4.79 Å². The molecule has 1 aliphatic heterocycles. The molecule has 0 radical (unpaired) electrons. The molecule has 0 atom stereocenters. The molecule has 3 aromatic rings. The lowest BCUT2D eigenvalue weighted by atomic mass is 10.1. The van der Waals surface area contributed by atoms with Crippen molar-refractivity contribution in [1.29, 1.82) is 5.26 Å². The van der Waals surface area contributed by atoms with Crippen LogP contribution in [0.1, 0.15) is 16.7 Å². The van der Waals surface area contributed by atoms with Gasteiger partial charge >= 0.3 is 0 Å². The molecule has 1 aliphatic rings. The third-order valence-electron chi connectivity index (χ3n) is 5.24. The maximum atomic E-state index is 12.6. The molecule has 2 heterocycles. The minimum atomic E-state index is 0.0379. The highest BCUT2D eigenvalue weighted by Gasteiger charge is 2.19. The molecule has 1 aromatic heterocycles. The Balaban J connectivity index is 1.34. The molecular weight excluding hydrogens is 360 g/mol. The summed E-state index contributed by atoms with van der Waals surface area (Å²) in [6, 6.07) is 19.8. The van der Waals surface area contributed by atoms with Gasteiger partial charge in [0.25, 0.3) is 0 Å². The summed E-state index contributed by atoms with van der Waals surface area (Å²) in [5, 5.41) is 9.96. The Morgan fingerprint density at radius 1 is 1.03 bits per heavy atom. The topological polar surface area (TPSA) is 60.2 Å². The molecule has 1 amide bonds. The number of nitrogens with zero attached hydrogens (tertiary/aromatic N) is 4. The van der Waals surface area contributed by atoms with Crippen molar-refractivity contribution in [2.45, 2.75) is 6.54 Å². The van der Waals surface area contributed by atoms with Crippen LogP contribution in [0.15, 0.2) is 66.9 Å². The fourth-order valence-corrected chi connectivity index (χ4v) is 3.60. The van der Waals surface area contributed by atoms with Gasteiger partial charge in [0, 0.05) is 55.9 Å². The van der Waals surface area contributed by atoms with E-state index in [4.69, 9.17) is 5.26 Å². The number of amides is 1. The van der Waals surface area contributed by atoms with Gasteiger partial charge in [-0.3, -0.25) is 14.7 Å². The van der Waals surface area contributed by atoms with Gasteiger partial charge in [-0.1, -0.05) is 36.4 Å². The van der Waals surface area contributed by atoms with E-state index in [-0.39, 0.29) is 5.91 Å². The SMILES string of the molecule is N#Cc1ccc(CN2CCN(C(=O)/C=C/c3cccc4cccnc34)CC2)cc1. The second-order valence-electron chi connectivity index (χ2n) is 7.17. The Kier molecular flexibility index (Phi) is 5.64. The number of carbonyl (C=O) groups is 1. The number of hydrogen-bond donors (Lipinski definition) is 0. The van der Waals surface area contributed by atoms with Crippen LogP contribution in [0.4, 0.5) is 0 Å². The number of benzene rings is 2. The first-order valence-corrected chi connectivity index (χ1v) is 9.75. The van der Waals surface area contributed by atoms with Crippen LogP contribution in [0.5, 0.6) is 0 Å². The number of aromatic nitrogens is 1. The quantitative estimate of drug-likeness (QED) is 0.649. The summed E-state index contributed by atoms with van der Waals surface area (Å²) in [6.45, 7) is 3.95. The van der Waals surface area contributed by atoms with Crippen molar-refractivity contribution in [3.05, 3.63) is 83.6 Å². The summed E-state index contributed by atoms with van der Waals surface area (Å²) in [6.07, 6.45) is 5.29. The summed E-state index contributed by atoms with van der Waals surface area (Å²) < 4.78 is 0. The molecule has 2 aromatic carbocycles. The molecular formula is C24H22N4O. The number of piperazine rings is 1. The van der Waals surface area contributed by atoms with Gasteiger partial charge in [0.15, 0.2) is 0 Å². The largest absolute Gasteiger partial charge is 0.337 e. The van der Waals surface area contributed by atoms with Crippen molar-refractivity contribution >= 4 is 22.9 Å². The van der Waals surface area contributed by atoms with Gasteiger partial charge in [0.05, 0.1) is 17.1 Å². The van der Waals surface area contributed by atoms with E-state index in [1.165, 1.54) is 5.56 Å². The molecule has 0 N–H and O–H groups in total. The monoisotopic (exact) mass is 382 g/mol. The minimum absolute atomic E-state index is 0.0379. The number of nitriles is 1. The van der Waals surface area contributed by atoms with Crippen molar-refractivity contribution < 1.29 is 4.79 Å². The number of pyridine rings is 1. The van der Waals surface area contributed by atoms with Crippen molar-refractivity contribution in [1.82, 2.24) is 14.8 Å². The average Bonchev–Trinajstić information content (AvgIpc) is 2.78. The van der Waals surface area contributed by atoms with Gasteiger partial charge in [0.2, 0.25) is 5.91 Å². The minimum Gasteiger partial charge on any atom is -0.337 e. The Bertz CT molecular complexity index is 1070. The number of para-hydroxylation sites is 1. The van der Waals surface area contributed by atoms with Gasteiger partial charge in [-0.2, -0.15) is 5.26 Å². The lowest BCUT2D eigenvalue weighted by Crippen LogP contribution is -2.47. The Morgan fingerprint density at radius 3 is 2.55 bits per heavy atom. The first-order chi connectivity index (χ1) is 14.2. The van der Waals surface area contributed by atoms with E-state index in [1.807, 2.05) is 65.6 Å². The Morgan fingerprint density at radius 2 is 1.79 bits per heavy atom. The fraction of sp³-hybridized carbons (Fsp3) is 0.208. The van der Waals surface area contributed by atoms with Crippen molar-refractivity contribution in [2.24, 2.45) is 0 Å². The summed E-state index contributed by atoms with van der Waals surface area (Å²) in [4.78, 5) is 21.3. The fourth-order valence-electron chi connectivity index (χ4n) is 3.60. The summed E-state index contributed by atoms with van der Waals surface area (Å²) >= 11 is 0. The average molecular weight is 382 g/mol. The molecule has 29 heavy (non-hydrogen) atoms. The highest BCUT2D eigenvalue weighted by molar-refractivity contribution is 5.95. The zero-order chi connectivity index (χ0) is 20.1. The van der Waals surface area contributed by atoms with Gasteiger partial charge in [-0.25, -0.2) is 0 Å². The van der Waals surface area contributed by atoms with Gasteiger partial charge in [-0.15, -0.1) is 0 Å². The van der Waals surface area contributed by atoms with Crippen LogP contribution in [0.25, 0.3) is 17.0 Å².